The topological polar surface area (TPSA) is 159 Å². The first kappa shape index (κ1) is 20.1. The summed E-state index contributed by atoms with van der Waals surface area (Å²) in [7, 11) is -3.71. The Kier molecular flexibility index (Phi) is 4.77. The normalized spacial score (nSPS) is 36.6. The maximum absolute atomic E-state index is 13.0. The minimum Gasteiger partial charge on any atom is -0.476 e. The first-order valence-electron chi connectivity index (χ1n) is 9.99. The molecule has 5 rings (SSSR count). The average molecular weight is 440 g/mol. The van der Waals surface area contributed by atoms with Crippen LogP contribution in [-0.4, -0.2) is 56.6 Å². The summed E-state index contributed by atoms with van der Waals surface area (Å²) in [6, 6.07) is 0. The number of nitrogen functional groups attached to an aromatic ring is 1. The number of ether oxygens (including phenoxy) is 2. The van der Waals surface area contributed by atoms with E-state index in [-0.39, 0.29) is 24.5 Å². The third-order valence-electron chi connectivity index (χ3n) is 5.70. The monoisotopic (exact) mass is 440 g/mol. The van der Waals surface area contributed by atoms with Crippen LogP contribution >= 0.6 is 7.82 Å². The average Bonchev–Trinajstić information content (AvgIpc) is 3.17. The van der Waals surface area contributed by atoms with E-state index in [4.69, 9.17) is 34.5 Å². The van der Waals surface area contributed by atoms with Crippen molar-refractivity contribution in [2.75, 3.05) is 18.9 Å². The van der Waals surface area contributed by atoms with E-state index in [2.05, 4.69) is 15.0 Å². The molecule has 3 fully saturated rings. The fourth-order valence-electron chi connectivity index (χ4n) is 3.96. The number of hydrogen-bond donors (Lipinski definition) is 2. The molecule has 5 atom stereocenters. The van der Waals surface area contributed by atoms with Crippen molar-refractivity contribution in [3.63, 3.8) is 0 Å². The summed E-state index contributed by atoms with van der Waals surface area (Å²) < 4.78 is 43.1. The lowest BCUT2D eigenvalue weighted by Crippen LogP contribution is -2.54. The van der Waals surface area contributed by atoms with E-state index in [9.17, 15) is 4.57 Å². The van der Waals surface area contributed by atoms with E-state index in [1.165, 1.54) is 0 Å². The van der Waals surface area contributed by atoms with Crippen LogP contribution < -0.4 is 16.2 Å². The van der Waals surface area contributed by atoms with Gasteiger partial charge in [0.1, 0.15) is 12.2 Å². The molecule has 0 radical (unpaired) electrons. The van der Waals surface area contributed by atoms with Crippen LogP contribution in [0.5, 0.6) is 5.88 Å². The first-order valence-corrected chi connectivity index (χ1v) is 11.5. The zero-order chi connectivity index (χ0) is 21.1. The summed E-state index contributed by atoms with van der Waals surface area (Å²) in [4.78, 5) is 12.8. The molecular formula is C17H25N6O6P. The molecule has 0 amide bonds. The number of nitrogens with zero attached hydrogens (tertiary/aromatic N) is 4. The Morgan fingerprint density at radius 1 is 1.40 bits per heavy atom. The van der Waals surface area contributed by atoms with Crippen molar-refractivity contribution >= 4 is 24.9 Å². The summed E-state index contributed by atoms with van der Waals surface area (Å²) in [6.07, 6.45) is 2.20. The molecule has 13 heteroatoms. The largest absolute Gasteiger partial charge is 0.476 e. The van der Waals surface area contributed by atoms with E-state index in [1.807, 2.05) is 6.92 Å². The number of aromatic nitrogens is 4. The number of imidazole rings is 1. The molecule has 2 aliphatic heterocycles. The van der Waals surface area contributed by atoms with Crippen LogP contribution in [0.4, 0.5) is 5.95 Å². The molecule has 1 saturated carbocycles. The van der Waals surface area contributed by atoms with Crippen LogP contribution in [0.2, 0.25) is 0 Å². The van der Waals surface area contributed by atoms with Crippen LogP contribution in [0.25, 0.3) is 11.2 Å². The zero-order valence-electron chi connectivity index (χ0n) is 16.8. The molecule has 12 nitrogen and oxygen atoms in total. The molecule has 2 aromatic heterocycles. The first-order chi connectivity index (χ1) is 14.3. The minimum absolute atomic E-state index is 0.0415. The van der Waals surface area contributed by atoms with Crippen molar-refractivity contribution in [2.45, 2.75) is 63.2 Å². The molecule has 4 N–H and O–H groups in total. The lowest BCUT2D eigenvalue weighted by atomic mass is 9.93. The molecule has 3 aliphatic rings. The van der Waals surface area contributed by atoms with Crippen LogP contribution in [0.3, 0.4) is 0 Å². The van der Waals surface area contributed by atoms with Gasteiger partial charge in [0.25, 0.3) is 0 Å². The van der Waals surface area contributed by atoms with Gasteiger partial charge in [-0.25, -0.2) is 9.55 Å². The summed E-state index contributed by atoms with van der Waals surface area (Å²) in [5.41, 5.74) is 12.3. The SMILES string of the molecule is CCOc1nc(N)nc2c1ncn2[C@@H]1O[C@@H]2CO[P@](=O)(OC3CCC3)O[C@H]2[C@@]1(C)N. The highest BCUT2D eigenvalue weighted by atomic mass is 31.2. The maximum atomic E-state index is 13.0. The van der Waals surface area contributed by atoms with Crippen LogP contribution in [-0.2, 0) is 22.9 Å². The molecule has 0 spiro atoms. The lowest BCUT2D eigenvalue weighted by molar-refractivity contribution is -0.0787. The Balaban J connectivity index is 1.46. The van der Waals surface area contributed by atoms with Gasteiger partial charge in [0.05, 0.1) is 31.2 Å². The van der Waals surface area contributed by atoms with Crippen molar-refractivity contribution in [3.8, 4) is 5.88 Å². The number of anilines is 1. The third kappa shape index (κ3) is 3.19. The van der Waals surface area contributed by atoms with Crippen molar-refractivity contribution in [2.24, 2.45) is 5.73 Å². The number of nitrogens with two attached hydrogens (primary N) is 2. The number of rotatable bonds is 5. The van der Waals surface area contributed by atoms with Gasteiger partial charge in [-0.1, -0.05) is 0 Å². The molecule has 2 saturated heterocycles. The predicted octanol–water partition coefficient (Wildman–Crippen LogP) is 1.51. The summed E-state index contributed by atoms with van der Waals surface area (Å²) in [5, 5.41) is 0. The van der Waals surface area contributed by atoms with Crippen molar-refractivity contribution < 1.29 is 27.6 Å². The molecule has 30 heavy (non-hydrogen) atoms. The fraction of sp³-hybridized carbons (Fsp3) is 0.706. The molecule has 0 aromatic carbocycles. The van der Waals surface area contributed by atoms with Crippen LogP contribution in [0, 0.1) is 0 Å². The van der Waals surface area contributed by atoms with E-state index in [1.54, 1.807) is 17.8 Å². The Bertz CT molecular complexity index is 1010. The number of fused-ring (bicyclic) bond motifs is 2. The van der Waals surface area contributed by atoms with Crippen LogP contribution in [0.15, 0.2) is 6.33 Å². The second-order valence-corrected chi connectivity index (χ2v) is 9.54. The molecule has 164 valence electrons. The van der Waals surface area contributed by atoms with Gasteiger partial charge < -0.3 is 20.9 Å². The van der Waals surface area contributed by atoms with Gasteiger partial charge in [0.2, 0.25) is 11.8 Å². The quantitative estimate of drug-likeness (QED) is 0.649. The van der Waals surface area contributed by atoms with Gasteiger partial charge in [-0.3, -0.25) is 18.1 Å². The van der Waals surface area contributed by atoms with E-state index >= 15 is 0 Å². The Labute approximate surface area is 172 Å². The summed E-state index contributed by atoms with van der Waals surface area (Å²) in [6.45, 7) is 4.05. The third-order valence-corrected chi connectivity index (χ3v) is 7.20. The van der Waals surface area contributed by atoms with Crippen molar-refractivity contribution in [1.82, 2.24) is 19.5 Å². The van der Waals surface area contributed by atoms with E-state index in [0.717, 1.165) is 19.3 Å². The smallest absolute Gasteiger partial charge is 0.475 e. The molecule has 1 aliphatic carbocycles. The van der Waals surface area contributed by atoms with Gasteiger partial charge in [-0.2, -0.15) is 9.97 Å². The maximum Gasteiger partial charge on any atom is 0.475 e. The zero-order valence-corrected chi connectivity index (χ0v) is 17.7. The molecule has 0 unspecified atom stereocenters. The van der Waals surface area contributed by atoms with Gasteiger partial charge in [0.15, 0.2) is 17.4 Å². The fourth-order valence-corrected chi connectivity index (χ4v) is 5.68. The Morgan fingerprint density at radius 3 is 2.90 bits per heavy atom. The molecule has 2 aromatic rings. The van der Waals surface area contributed by atoms with Crippen LogP contribution in [0.1, 0.15) is 39.3 Å². The molecule has 4 heterocycles. The van der Waals surface area contributed by atoms with Crippen molar-refractivity contribution in [3.05, 3.63) is 6.33 Å². The standard InChI is InChI=1S/C17H25N6O6P/c1-3-25-14-11-13(21-16(18)22-14)23(8-20-11)15-17(2,19)12-10(27-15)7-26-30(24,29-12)28-9-5-4-6-9/h8-10,12,15H,3-7,19H2,1-2H3,(H2,18,21,22)/t10-,12-,15-,17-,30-/m1/s1. The number of hydrogen-bond acceptors (Lipinski definition) is 11. The van der Waals surface area contributed by atoms with Gasteiger partial charge in [-0.15, -0.1) is 0 Å². The van der Waals surface area contributed by atoms with Gasteiger partial charge >= 0.3 is 7.82 Å². The Hall–Kier alpha value is -1.82. The summed E-state index contributed by atoms with van der Waals surface area (Å²) >= 11 is 0. The number of phosphoric ester groups is 1. The second kappa shape index (κ2) is 7.11. The highest BCUT2D eigenvalue weighted by Crippen LogP contribution is 2.60. The predicted molar refractivity (Wildman–Crippen MR) is 105 cm³/mol. The second-order valence-electron chi connectivity index (χ2n) is 7.96. The highest BCUT2D eigenvalue weighted by molar-refractivity contribution is 7.48. The van der Waals surface area contributed by atoms with E-state index < -0.39 is 31.8 Å². The summed E-state index contributed by atoms with van der Waals surface area (Å²) in [5.74, 6) is 0.325. The van der Waals surface area contributed by atoms with Gasteiger partial charge in [-0.05, 0) is 33.1 Å². The highest BCUT2D eigenvalue weighted by Gasteiger charge is 2.59. The Morgan fingerprint density at radius 2 is 2.20 bits per heavy atom. The molecular weight excluding hydrogens is 415 g/mol. The van der Waals surface area contributed by atoms with Gasteiger partial charge in [0, 0.05) is 0 Å². The molecule has 0 bridgehead atoms. The van der Waals surface area contributed by atoms with E-state index in [0.29, 0.717) is 17.8 Å². The lowest BCUT2D eigenvalue weighted by Gasteiger charge is -2.38. The number of phosphoric acid groups is 1. The minimum atomic E-state index is -3.71. The van der Waals surface area contributed by atoms with Crippen molar-refractivity contribution in [1.29, 1.82) is 0 Å².